The van der Waals surface area contributed by atoms with E-state index in [2.05, 4.69) is 19.4 Å². The van der Waals surface area contributed by atoms with Crippen molar-refractivity contribution in [3.8, 4) is 0 Å². The molecule has 2 aliphatic heterocycles. The molecule has 10 nitrogen and oxygen atoms in total. The standard InChI is InChI=1S/C17H27BN4O6/c1-22(2)7-11(8-22)20-12-13(15(24)14(12)23)21-6-10(4-3-5-18(27)28)17(19,9-21)16(25)26/h10-11,27-28H,3-9,19H2,1-2H3,(H-,20,24,25,26)/p+1/t10-,17-/m0/s1. The van der Waals surface area contributed by atoms with Crippen LogP contribution in [-0.4, -0.2) is 84.6 Å². The number of anilines is 2. The number of likely N-dealkylation sites (tertiary alicyclic amines) is 1. The van der Waals surface area contributed by atoms with Gasteiger partial charge in [-0.1, -0.05) is 6.42 Å². The number of nitrogens with zero attached hydrogens (tertiary/aromatic N) is 2. The summed E-state index contributed by atoms with van der Waals surface area (Å²) >= 11 is 0. The highest BCUT2D eigenvalue weighted by atomic mass is 16.4. The summed E-state index contributed by atoms with van der Waals surface area (Å²) in [5, 5.41) is 30.8. The average Bonchev–Trinajstić information content (AvgIpc) is 2.89. The molecule has 6 N–H and O–H groups in total. The van der Waals surface area contributed by atoms with Crippen molar-refractivity contribution < 1.29 is 24.4 Å². The van der Waals surface area contributed by atoms with Crippen LogP contribution >= 0.6 is 0 Å². The number of nitrogens with two attached hydrogens (primary N) is 1. The van der Waals surface area contributed by atoms with Crippen LogP contribution in [0.25, 0.3) is 0 Å². The Bertz CT molecular complexity index is 828. The SMILES string of the molecule is C[N+]1(C)CC(Nc2c(N3C[C@H](CCCB(O)O)[C@](N)(C(=O)O)C3)c(=O)c2=O)C1. The molecule has 2 aliphatic rings. The Morgan fingerprint density at radius 1 is 1.32 bits per heavy atom. The maximum Gasteiger partial charge on any atom is 0.451 e. The van der Waals surface area contributed by atoms with Crippen molar-refractivity contribution in [3.63, 3.8) is 0 Å². The number of likely N-dealkylation sites (N-methyl/N-ethyl adjacent to an activating group) is 1. The number of carbonyl (C=O) groups is 1. The molecule has 0 saturated carbocycles. The van der Waals surface area contributed by atoms with Gasteiger partial charge in [-0.2, -0.15) is 0 Å². The number of hydrogen-bond donors (Lipinski definition) is 5. The third-order valence-electron chi connectivity index (χ3n) is 6.01. The van der Waals surface area contributed by atoms with Crippen LogP contribution in [-0.2, 0) is 4.79 Å². The average molecular weight is 395 g/mol. The van der Waals surface area contributed by atoms with Gasteiger partial charge in [-0.3, -0.25) is 14.4 Å². The first kappa shape index (κ1) is 20.8. The molecule has 1 aromatic rings. The molecule has 2 fully saturated rings. The highest BCUT2D eigenvalue weighted by molar-refractivity contribution is 6.40. The Labute approximate surface area is 163 Å². The van der Waals surface area contributed by atoms with Crippen molar-refractivity contribution in [2.75, 3.05) is 50.5 Å². The van der Waals surface area contributed by atoms with Crippen LogP contribution in [0.2, 0.25) is 6.32 Å². The topological polar surface area (TPSA) is 153 Å². The van der Waals surface area contributed by atoms with E-state index >= 15 is 0 Å². The van der Waals surface area contributed by atoms with Crippen molar-refractivity contribution in [2.24, 2.45) is 11.7 Å². The summed E-state index contributed by atoms with van der Waals surface area (Å²) in [4.78, 5) is 37.7. The first-order valence-electron chi connectivity index (χ1n) is 9.50. The minimum atomic E-state index is -1.56. The molecule has 0 unspecified atom stereocenters. The maximum atomic E-state index is 12.2. The van der Waals surface area contributed by atoms with Gasteiger partial charge in [0.1, 0.15) is 36.0 Å². The molecule has 2 saturated heterocycles. The lowest BCUT2D eigenvalue weighted by Crippen LogP contribution is -2.65. The Morgan fingerprint density at radius 2 is 1.96 bits per heavy atom. The normalized spacial score (nSPS) is 27.0. The molecule has 28 heavy (non-hydrogen) atoms. The van der Waals surface area contributed by atoms with Crippen molar-refractivity contribution in [1.82, 2.24) is 0 Å². The fraction of sp³-hybridized carbons (Fsp3) is 0.706. The van der Waals surface area contributed by atoms with Crippen LogP contribution in [0.3, 0.4) is 0 Å². The molecular formula is C17H28BN4O6+. The molecule has 11 heteroatoms. The highest BCUT2D eigenvalue weighted by Crippen LogP contribution is 2.35. The van der Waals surface area contributed by atoms with Crippen molar-refractivity contribution in [2.45, 2.75) is 30.7 Å². The van der Waals surface area contributed by atoms with Gasteiger partial charge < -0.3 is 35.6 Å². The number of carboxylic acids is 1. The van der Waals surface area contributed by atoms with Crippen molar-refractivity contribution >= 4 is 24.5 Å². The maximum absolute atomic E-state index is 12.2. The molecule has 0 spiro atoms. The van der Waals surface area contributed by atoms with Crippen LogP contribution in [0.1, 0.15) is 12.8 Å². The number of nitrogens with one attached hydrogen (secondary N) is 1. The Kier molecular flexibility index (Phi) is 5.30. The quantitative estimate of drug-likeness (QED) is 0.185. The van der Waals surface area contributed by atoms with Gasteiger partial charge in [-0.05, 0) is 12.7 Å². The van der Waals surface area contributed by atoms with E-state index < -0.39 is 35.4 Å². The zero-order chi connectivity index (χ0) is 20.9. The largest absolute Gasteiger partial charge is 0.480 e. The van der Waals surface area contributed by atoms with E-state index in [0.717, 1.165) is 17.6 Å². The minimum absolute atomic E-state index is 0.0690. The first-order valence-corrected chi connectivity index (χ1v) is 9.50. The van der Waals surface area contributed by atoms with Gasteiger partial charge in [0.05, 0.1) is 14.1 Å². The molecule has 154 valence electrons. The van der Waals surface area contributed by atoms with E-state index in [1.165, 1.54) is 0 Å². The summed E-state index contributed by atoms with van der Waals surface area (Å²) in [6.45, 7) is 1.83. The molecular weight excluding hydrogens is 367 g/mol. The van der Waals surface area contributed by atoms with Gasteiger partial charge in [0, 0.05) is 19.0 Å². The van der Waals surface area contributed by atoms with E-state index in [0.29, 0.717) is 12.8 Å². The second-order valence-electron chi connectivity index (χ2n) is 8.86. The number of rotatable bonds is 8. The zero-order valence-electron chi connectivity index (χ0n) is 16.2. The predicted molar refractivity (Wildman–Crippen MR) is 105 cm³/mol. The molecule has 3 rings (SSSR count). The number of carboxylic acid groups (broad SMARTS) is 1. The van der Waals surface area contributed by atoms with Crippen molar-refractivity contribution in [1.29, 1.82) is 0 Å². The number of aliphatic carboxylic acids is 1. The van der Waals surface area contributed by atoms with Gasteiger partial charge in [0.25, 0.3) is 10.9 Å². The van der Waals surface area contributed by atoms with E-state index in [4.69, 9.17) is 15.8 Å². The zero-order valence-corrected chi connectivity index (χ0v) is 16.2. The summed E-state index contributed by atoms with van der Waals surface area (Å²) in [7, 11) is 2.69. The molecule has 1 aromatic carbocycles. The molecule has 0 radical (unpaired) electrons. The third kappa shape index (κ3) is 3.67. The molecule has 2 atom stereocenters. The second-order valence-corrected chi connectivity index (χ2v) is 8.86. The van der Waals surface area contributed by atoms with E-state index in [9.17, 15) is 19.5 Å². The highest BCUT2D eigenvalue weighted by Gasteiger charge is 2.51. The lowest BCUT2D eigenvalue weighted by molar-refractivity contribution is -0.929. The summed E-state index contributed by atoms with van der Waals surface area (Å²) in [5.41, 5.74) is 3.89. The predicted octanol–water partition coefficient (Wildman–Crippen LogP) is -2.38. The molecule has 0 aromatic heterocycles. The Morgan fingerprint density at radius 3 is 2.50 bits per heavy atom. The van der Waals surface area contributed by atoms with Gasteiger partial charge in [0.15, 0.2) is 0 Å². The van der Waals surface area contributed by atoms with Crippen LogP contribution in [0.15, 0.2) is 9.59 Å². The lowest BCUT2D eigenvalue weighted by atomic mass is 9.78. The van der Waals surface area contributed by atoms with Crippen LogP contribution in [0.4, 0.5) is 11.4 Å². The smallest absolute Gasteiger partial charge is 0.451 e. The summed E-state index contributed by atoms with van der Waals surface area (Å²) < 4.78 is 0.829. The van der Waals surface area contributed by atoms with Crippen LogP contribution in [0.5, 0.6) is 0 Å². The van der Waals surface area contributed by atoms with Gasteiger partial charge in [-0.25, -0.2) is 0 Å². The summed E-state index contributed by atoms with van der Waals surface area (Å²) in [6, 6.07) is 0.101. The van der Waals surface area contributed by atoms with Gasteiger partial charge in [0.2, 0.25) is 0 Å². The fourth-order valence-electron chi connectivity index (χ4n) is 4.50. The van der Waals surface area contributed by atoms with Crippen LogP contribution < -0.4 is 26.8 Å². The Balaban J connectivity index is 1.75. The number of hydrogen-bond acceptors (Lipinski definition) is 8. The van der Waals surface area contributed by atoms with E-state index in [-0.39, 0.29) is 36.8 Å². The fourth-order valence-corrected chi connectivity index (χ4v) is 4.50. The molecule has 2 heterocycles. The molecule has 0 amide bonds. The van der Waals surface area contributed by atoms with Gasteiger partial charge >= 0.3 is 13.1 Å². The monoisotopic (exact) mass is 395 g/mol. The van der Waals surface area contributed by atoms with E-state index in [1.54, 1.807) is 4.90 Å². The first-order chi connectivity index (χ1) is 12.9. The van der Waals surface area contributed by atoms with Crippen LogP contribution in [0, 0.1) is 5.92 Å². The minimum Gasteiger partial charge on any atom is -0.480 e. The summed E-state index contributed by atoms with van der Waals surface area (Å²) in [5.74, 6) is -1.64. The molecule has 0 aliphatic carbocycles. The molecule has 0 bridgehead atoms. The van der Waals surface area contributed by atoms with E-state index in [1.807, 2.05) is 0 Å². The van der Waals surface area contributed by atoms with Crippen molar-refractivity contribution in [3.05, 3.63) is 20.4 Å². The van der Waals surface area contributed by atoms with Gasteiger partial charge in [-0.15, -0.1) is 0 Å². The summed E-state index contributed by atoms with van der Waals surface area (Å²) in [6.07, 6.45) is 0.896. The second kappa shape index (κ2) is 7.14. The number of quaternary nitrogens is 1. The third-order valence-corrected chi connectivity index (χ3v) is 6.01. The lowest BCUT2D eigenvalue weighted by Gasteiger charge is -2.45. The Hall–Kier alpha value is -1.95.